The maximum Gasteiger partial charge on any atom is 0.408 e. The van der Waals surface area contributed by atoms with Crippen molar-refractivity contribution in [2.24, 2.45) is 11.8 Å². The lowest BCUT2D eigenvalue weighted by Crippen LogP contribution is -2.52. The third kappa shape index (κ3) is 11.5. The van der Waals surface area contributed by atoms with E-state index in [1.807, 2.05) is 49.1 Å². The summed E-state index contributed by atoms with van der Waals surface area (Å²) in [6.07, 6.45) is 3.06. The second-order valence-electron chi connectivity index (χ2n) is 11.5. The van der Waals surface area contributed by atoms with Crippen LogP contribution in [0, 0.1) is 11.8 Å². The first-order valence-corrected chi connectivity index (χ1v) is 14.4. The summed E-state index contributed by atoms with van der Waals surface area (Å²) in [5.41, 5.74) is 1.67. The number of Topliss-reactive ketones (excluding diaryl/α,β-unsaturated/α-hetero) is 1. The number of nitrogens with zero attached hydrogens (tertiary/aromatic N) is 2. The van der Waals surface area contributed by atoms with Crippen molar-refractivity contribution in [2.75, 3.05) is 19.6 Å². The number of aromatic nitrogens is 1. The van der Waals surface area contributed by atoms with E-state index in [2.05, 4.69) is 34.8 Å². The Bertz CT molecular complexity index is 1160. The average molecular weight is 582 g/mol. The van der Waals surface area contributed by atoms with Gasteiger partial charge in [0.05, 0.1) is 6.54 Å². The van der Waals surface area contributed by atoms with Gasteiger partial charge in [-0.25, -0.2) is 9.59 Å². The fourth-order valence-corrected chi connectivity index (χ4v) is 4.80. The molecule has 1 fully saturated rings. The molecule has 1 aromatic carbocycles. The van der Waals surface area contributed by atoms with E-state index in [-0.39, 0.29) is 37.5 Å². The molecule has 11 heteroatoms. The lowest BCUT2D eigenvalue weighted by Gasteiger charge is -2.26. The van der Waals surface area contributed by atoms with Crippen molar-refractivity contribution < 1.29 is 28.7 Å². The van der Waals surface area contributed by atoms with Gasteiger partial charge >= 0.3 is 12.2 Å². The summed E-state index contributed by atoms with van der Waals surface area (Å²) >= 11 is 0. The maximum atomic E-state index is 13.2. The first-order valence-electron chi connectivity index (χ1n) is 14.4. The van der Waals surface area contributed by atoms with Gasteiger partial charge in [0, 0.05) is 31.5 Å². The zero-order valence-electron chi connectivity index (χ0n) is 24.9. The summed E-state index contributed by atoms with van der Waals surface area (Å²) in [6.45, 7) is 9.12. The molecule has 228 valence electrons. The van der Waals surface area contributed by atoms with Crippen LogP contribution in [-0.2, 0) is 32.3 Å². The van der Waals surface area contributed by atoms with Gasteiger partial charge in [0.25, 0.3) is 0 Å². The molecule has 2 aromatic rings. The largest absolute Gasteiger partial charge is 0.445 e. The van der Waals surface area contributed by atoms with Crippen molar-refractivity contribution in [1.29, 1.82) is 0 Å². The van der Waals surface area contributed by atoms with Crippen LogP contribution in [0.1, 0.15) is 51.7 Å². The van der Waals surface area contributed by atoms with E-state index in [1.54, 1.807) is 24.5 Å². The summed E-state index contributed by atoms with van der Waals surface area (Å²) in [5, 5.41) is 8.39. The Morgan fingerprint density at radius 1 is 0.881 bits per heavy atom. The van der Waals surface area contributed by atoms with Crippen LogP contribution >= 0.6 is 0 Å². The summed E-state index contributed by atoms with van der Waals surface area (Å²) in [6, 6.07) is 11.1. The van der Waals surface area contributed by atoms with E-state index in [1.165, 1.54) is 0 Å². The number of pyridine rings is 1. The average Bonchev–Trinajstić information content (AvgIpc) is 3.28. The van der Waals surface area contributed by atoms with E-state index in [0.29, 0.717) is 31.8 Å². The van der Waals surface area contributed by atoms with Crippen molar-refractivity contribution in [1.82, 2.24) is 25.8 Å². The van der Waals surface area contributed by atoms with Crippen molar-refractivity contribution in [2.45, 2.75) is 71.9 Å². The lowest BCUT2D eigenvalue weighted by atomic mass is 10.0. The summed E-state index contributed by atoms with van der Waals surface area (Å²) in [4.78, 5) is 56.8. The Morgan fingerprint density at radius 2 is 1.48 bits per heavy atom. The van der Waals surface area contributed by atoms with Crippen LogP contribution in [0.25, 0.3) is 0 Å². The first kappa shape index (κ1) is 32.5. The van der Waals surface area contributed by atoms with Crippen molar-refractivity contribution in [3.05, 3.63) is 66.0 Å². The van der Waals surface area contributed by atoms with Crippen molar-refractivity contribution in [3.8, 4) is 0 Å². The zero-order chi connectivity index (χ0) is 30.5. The molecule has 1 aliphatic heterocycles. The van der Waals surface area contributed by atoms with Gasteiger partial charge in [-0.3, -0.25) is 19.5 Å². The number of hydrogen-bond donors (Lipinski definition) is 3. The van der Waals surface area contributed by atoms with Gasteiger partial charge in [-0.2, -0.15) is 0 Å². The smallest absolute Gasteiger partial charge is 0.408 e. The van der Waals surface area contributed by atoms with Crippen LogP contribution in [0.4, 0.5) is 9.59 Å². The quantitative estimate of drug-likeness (QED) is 0.308. The van der Waals surface area contributed by atoms with Gasteiger partial charge < -0.3 is 25.4 Å². The molecule has 1 saturated heterocycles. The second-order valence-corrected chi connectivity index (χ2v) is 11.5. The summed E-state index contributed by atoms with van der Waals surface area (Å²) < 4.78 is 10.7. The number of carbonyl (C=O) groups is 4. The molecule has 0 saturated carbocycles. The molecule has 11 nitrogen and oxygen atoms in total. The number of rotatable bonds is 14. The normalized spacial score (nSPS) is 16.6. The molecule has 0 aliphatic carbocycles. The summed E-state index contributed by atoms with van der Waals surface area (Å²) in [7, 11) is 0. The third-order valence-electron chi connectivity index (χ3n) is 6.73. The monoisotopic (exact) mass is 581 g/mol. The summed E-state index contributed by atoms with van der Waals surface area (Å²) in [5.74, 6) is -0.145. The molecule has 0 radical (unpaired) electrons. The van der Waals surface area contributed by atoms with Crippen molar-refractivity contribution in [3.63, 3.8) is 0 Å². The highest BCUT2D eigenvalue weighted by Gasteiger charge is 2.35. The Morgan fingerprint density at radius 3 is 2.10 bits per heavy atom. The van der Waals surface area contributed by atoms with Crippen LogP contribution in [0.2, 0.25) is 0 Å². The van der Waals surface area contributed by atoms with Crippen molar-refractivity contribution >= 4 is 23.9 Å². The van der Waals surface area contributed by atoms with Gasteiger partial charge in [-0.15, -0.1) is 0 Å². The number of alkyl carbamates (subject to hydrolysis) is 2. The van der Waals surface area contributed by atoms with E-state index in [0.717, 1.165) is 11.1 Å². The Hall–Kier alpha value is -3.99. The minimum atomic E-state index is -0.855. The number of hydrogen-bond acceptors (Lipinski definition) is 8. The van der Waals surface area contributed by atoms with Gasteiger partial charge in [0.15, 0.2) is 5.78 Å². The van der Waals surface area contributed by atoms with Crippen LogP contribution in [0.5, 0.6) is 0 Å². The number of carbonyl (C=O) groups excluding carboxylic acids is 4. The fourth-order valence-electron chi connectivity index (χ4n) is 4.80. The van der Waals surface area contributed by atoms with Crippen LogP contribution in [0.3, 0.4) is 0 Å². The molecule has 42 heavy (non-hydrogen) atoms. The molecule has 1 aliphatic rings. The highest BCUT2D eigenvalue weighted by Crippen LogP contribution is 2.13. The van der Waals surface area contributed by atoms with Crippen LogP contribution in [-0.4, -0.2) is 71.5 Å². The van der Waals surface area contributed by atoms with E-state index < -0.39 is 30.2 Å². The second kappa shape index (κ2) is 16.5. The minimum Gasteiger partial charge on any atom is -0.445 e. The molecule has 3 amide bonds. The topological polar surface area (TPSA) is 139 Å². The molecule has 2 heterocycles. The predicted octanol–water partition coefficient (Wildman–Crippen LogP) is 3.43. The number of ketones is 1. The van der Waals surface area contributed by atoms with Crippen LogP contribution in [0.15, 0.2) is 54.9 Å². The first-order chi connectivity index (χ1) is 20.1. The van der Waals surface area contributed by atoms with Crippen LogP contribution < -0.4 is 16.0 Å². The molecular formula is C31H43N5O6. The standard InChI is InChI=1S/C31H43N5O6/c1-21(2)14-25(33-30(39)41-19-23-8-6-5-7-9-23)16-36-17-27(28(37)18-36)34-29(38)26(15-22(3)4)35-31(40)42-20-24-10-12-32-13-11-24/h5-13,21-22,25-27H,14-20H2,1-4H3,(H,33,39)(H,34,38)(H,35,40)/t25-,26-,27?/m0/s1. The Labute approximate surface area is 247 Å². The molecule has 3 rings (SSSR count). The van der Waals surface area contributed by atoms with Gasteiger partial charge in [-0.05, 0) is 47.9 Å². The third-order valence-corrected chi connectivity index (χ3v) is 6.73. The molecular weight excluding hydrogens is 538 g/mol. The Balaban J connectivity index is 1.52. The zero-order valence-corrected chi connectivity index (χ0v) is 24.9. The molecule has 0 bridgehead atoms. The molecule has 3 atom stereocenters. The van der Waals surface area contributed by atoms with E-state index >= 15 is 0 Å². The lowest BCUT2D eigenvalue weighted by molar-refractivity contribution is -0.127. The number of amides is 3. The molecule has 0 spiro atoms. The van der Waals surface area contributed by atoms with Gasteiger partial charge in [0.2, 0.25) is 5.91 Å². The van der Waals surface area contributed by atoms with Gasteiger partial charge in [0.1, 0.15) is 25.3 Å². The molecule has 3 N–H and O–H groups in total. The highest BCUT2D eigenvalue weighted by atomic mass is 16.6. The van der Waals surface area contributed by atoms with E-state index in [4.69, 9.17) is 9.47 Å². The maximum absolute atomic E-state index is 13.2. The number of ether oxygens (including phenoxy) is 2. The number of likely N-dealkylation sites (tertiary alicyclic amines) is 1. The highest BCUT2D eigenvalue weighted by molar-refractivity contribution is 5.94. The predicted molar refractivity (Wildman–Crippen MR) is 157 cm³/mol. The SMILES string of the molecule is CC(C)C[C@@H](CN1CC(=O)C(NC(=O)[C@H](CC(C)C)NC(=O)OCc2ccncc2)C1)NC(=O)OCc1ccccc1. The molecule has 1 unspecified atom stereocenters. The number of benzene rings is 1. The van der Waals surface area contributed by atoms with E-state index in [9.17, 15) is 19.2 Å². The minimum absolute atomic E-state index is 0.0474. The van der Waals surface area contributed by atoms with Gasteiger partial charge in [-0.1, -0.05) is 58.0 Å². The fraction of sp³-hybridized carbons (Fsp3) is 0.516. The molecule has 1 aromatic heterocycles. The Kier molecular flexibility index (Phi) is 12.7. The number of nitrogens with one attached hydrogen (secondary N) is 3.